The molecular formula is C26H31N5O3. The van der Waals surface area contributed by atoms with Crippen molar-refractivity contribution in [2.24, 2.45) is 11.1 Å². The molecule has 0 aliphatic heterocycles. The number of carbonyl (C=O) groups is 2. The average molecular weight is 462 g/mol. The summed E-state index contributed by atoms with van der Waals surface area (Å²) in [5.41, 5.74) is 15.5. The Morgan fingerprint density at radius 2 is 1.88 bits per heavy atom. The molecule has 1 amide bonds. The fourth-order valence-electron chi connectivity index (χ4n) is 5.44. The molecule has 1 spiro atoms. The summed E-state index contributed by atoms with van der Waals surface area (Å²) < 4.78 is 7.05. The molecule has 5 rings (SSSR count). The lowest BCUT2D eigenvalue weighted by atomic mass is 9.51. The topological polar surface area (TPSA) is 130 Å². The molecule has 0 unspecified atom stereocenters. The molecule has 2 fully saturated rings. The zero-order valence-corrected chi connectivity index (χ0v) is 19.7. The zero-order chi connectivity index (χ0) is 24.0. The average Bonchev–Trinajstić information content (AvgIpc) is 3.31. The Balaban J connectivity index is 1.22. The molecule has 2 aromatic heterocycles. The number of benzene rings is 1. The molecule has 2 heterocycles. The highest BCUT2D eigenvalue weighted by atomic mass is 16.5. The van der Waals surface area contributed by atoms with Gasteiger partial charge in [-0.05, 0) is 50.5 Å². The van der Waals surface area contributed by atoms with Crippen molar-refractivity contribution < 1.29 is 14.1 Å². The molecule has 2 aliphatic rings. The first-order chi connectivity index (χ1) is 16.2. The number of Topliss-reactive ketones (excluding diaryl/α,β-unsaturated/α-hetero) is 1. The predicted octanol–water partition coefficient (Wildman–Crippen LogP) is 4.20. The van der Waals surface area contributed by atoms with Crippen LogP contribution in [0.5, 0.6) is 0 Å². The number of nitrogens with two attached hydrogens (primary N) is 2. The van der Waals surface area contributed by atoms with E-state index >= 15 is 0 Å². The first kappa shape index (κ1) is 22.4. The van der Waals surface area contributed by atoms with E-state index in [1.165, 1.54) is 32.1 Å². The van der Waals surface area contributed by atoms with Crippen molar-refractivity contribution >= 4 is 17.5 Å². The molecular weight excluding hydrogens is 430 g/mol. The summed E-state index contributed by atoms with van der Waals surface area (Å²) in [6.07, 6.45) is 6.98. The summed E-state index contributed by atoms with van der Waals surface area (Å²) in [7, 11) is 0. The van der Waals surface area contributed by atoms with E-state index in [1.807, 2.05) is 44.2 Å². The van der Waals surface area contributed by atoms with Gasteiger partial charge in [-0.3, -0.25) is 9.59 Å². The molecule has 0 bridgehead atoms. The van der Waals surface area contributed by atoms with Crippen LogP contribution in [-0.4, -0.2) is 26.6 Å². The standard InChI is InChI=1S/C26H31N5O3/c1-15(2)31-24(27)22(25(28)33)23(29-31)17-6-4-16(5-7-17)10-19(32)11-20-12-21(30-34-20)18-13-26(14-18)8-3-9-26/h4-7,12,15,18H,3,8-11,13-14,27H2,1-2H3,(H2,28,33). The number of carbonyl (C=O) groups excluding carboxylic acids is 2. The van der Waals surface area contributed by atoms with Crippen LogP contribution < -0.4 is 11.5 Å². The third-order valence-corrected chi connectivity index (χ3v) is 7.45. The van der Waals surface area contributed by atoms with E-state index < -0.39 is 5.91 Å². The first-order valence-corrected chi connectivity index (χ1v) is 12.0. The van der Waals surface area contributed by atoms with E-state index in [1.54, 1.807) is 4.68 Å². The third kappa shape index (κ3) is 4.02. The molecule has 2 aliphatic carbocycles. The lowest BCUT2D eigenvalue weighted by Crippen LogP contribution is -2.41. The number of amides is 1. The quantitative estimate of drug-likeness (QED) is 0.517. The number of primary amides is 1. The fourth-order valence-corrected chi connectivity index (χ4v) is 5.44. The molecule has 0 atom stereocenters. The van der Waals surface area contributed by atoms with Gasteiger partial charge in [0.25, 0.3) is 5.91 Å². The van der Waals surface area contributed by atoms with Crippen LogP contribution in [0.3, 0.4) is 0 Å². The van der Waals surface area contributed by atoms with Crippen LogP contribution in [-0.2, 0) is 17.6 Å². The van der Waals surface area contributed by atoms with Crippen molar-refractivity contribution in [3.8, 4) is 11.3 Å². The summed E-state index contributed by atoms with van der Waals surface area (Å²) in [6, 6.07) is 9.34. The number of hydrogen-bond acceptors (Lipinski definition) is 6. The van der Waals surface area contributed by atoms with Gasteiger partial charge in [-0.2, -0.15) is 5.10 Å². The number of rotatable bonds is 8. The Labute approximate surface area is 198 Å². The second-order valence-corrected chi connectivity index (χ2v) is 10.3. The van der Waals surface area contributed by atoms with Crippen molar-refractivity contribution in [3.05, 3.63) is 52.9 Å². The maximum absolute atomic E-state index is 12.6. The number of anilines is 1. The van der Waals surface area contributed by atoms with Gasteiger partial charge in [-0.15, -0.1) is 0 Å². The molecule has 3 aromatic rings. The van der Waals surface area contributed by atoms with Crippen LogP contribution in [0.15, 0.2) is 34.9 Å². The van der Waals surface area contributed by atoms with Crippen LogP contribution in [0.2, 0.25) is 0 Å². The van der Waals surface area contributed by atoms with Crippen molar-refractivity contribution in [3.63, 3.8) is 0 Å². The fraction of sp³-hybridized carbons (Fsp3) is 0.462. The van der Waals surface area contributed by atoms with Gasteiger partial charge in [0.1, 0.15) is 28.6 Å². The van der Waals surface area contributed by atoms with Crippen LogP contribution in [0.4, 0.5) is 5.82 Å². The molecule has 8 nitrogen and oxygen atoms in total. The minimum absolute atomic E-state index is 0.0102. The summed E-state index contributed by atoms with van der Waals surface area (Å²) >= 11 is 0. The normalized spacial score (nSPS) is 17.0. The second kappa shape index (κ2) is 8.42. The minimum atomic E-state index is -0.616. The first-order valence-electron chi connectivity index (χ1n) is 12.0. The van der Waals surface area contributed by atoms with Gasteiger partial charge in [0.2, 0.25) is 0 Å². The molecule has 34 heavy (non-hydrogen) atoms. The number of ketones is 1. The molecule has 178 valence electrons. The van der Waals surface area contributed by atoms with Crippen molar-refractivity contribution in [2.45, 2.75) is 70.8 Å². The lowest BCUT2D eigenvalue weighted by molar-refractivity contribution is -0.118. The largest absolute Gasteiger partial charge is 0.383 e. The maximum atomic E-state index is 12.6. The predicted molar refractivity (Wildman–Crippen MR) is 128 cm³/mol. The number of aromatic nitrogens is 3. The van der Waals surface area contributed by atoms with E-state index in [0.29, 0.717) is 22.8 Å². The lowest BCUT2D eigenvalue weighted by Gasteiger charge is -2.53. The summed E-state index contributed by atoms with van der Waals surface area (Å²) in [4.78, 5) is 24.6. The Hall–Kier alpha value is -3.42. The van der Waals surface area contributed by atoms with Gasteiger partial charge in [0.05, 0.1) is 12.1 Å². The van der Waals surface area contributed by atoms with E-state index in [2.05, 4.69) is 10.3 Å². The number of hydrogen-bond donors (Lipinski definition) is 2. The van der Waals surface area contributed by atoms with E-state index in [0.717, 1.165) is 16.8 Å². The second-order valence-electron chi connectivity index (χ2n) is 10.3. The molecule has 2 saturated carbocycles. The van der Waals surface area contributed by atoms with E-state index in [-0.39, 0.29) is 36.0 Å². The minimum Gasteiger partial charge on any atom is -0.383 e. The number of nitrogens with zero attached hydrogens (tertiary/aromatic N) is 3. The van der Waals surface area contributed by atoms with Crippen molar-refractivity contribution in [1.82, 2.24) is 14.9 Å². The van der Waals surface area contributed by atoms with Gasteiger partial charge in [-0.1, -0.05) is 35.8 Å². The van der Waals surface area contributed by atoms with Gasteiger partial charge in [-0.25, -0.2) is 4.68 Å². The van der Waals surface area contributed by atoms with Crippen LogP contribution in [0.25, 0.3) is 11.3 Å². The summed E-state index contributed by atoms with van der Waals surface area (Å²) in [5, 5.41) is 8.73. The van der Waals surface area contributed by atoms with Gasteiger partial charge in [0, 0.05) is 30.0 Å². The van der Waals surface area contributed by atoms with Crippen molar-refractivity contribution in [2.75, 3.05) is 5.73 Å². The molecule has 0 radical (unpaired) electrons. The van der Waals surface area contributed by atoms with Crippen LogP contribution in [0.1, 0.15) is 85.3 Å². The summed E-state index contributed by atoms with van der Waals surface area (Å²) in [6.45, 7) is 3.86. The maximum Gasteiger partial charge on any atom is 0.254 e. The van der Waals surface area contributed by atoms with E-state index in [9.17, 15) is 9.59 Å². The van der Waals surface area contributed by atoms with E-state index in [4.69, 9.17) is 16.0 Å². The molecule has 1 aromatic carbocycles. The Morgan fingerprint density at radius 3 is 2.47 bits per heavy atom. The van der Waals surface area contributed by atoms with Gasteiger partial charge >= 0.3 is 0 Å². The monoisotopic (exact) mass is 461 g/mol. The summed E-state index contributed by atoms with van der Waals surface area (Å²) in [5.74, 6) is 0.819. The Morgan fingerprint density at radius 1 is 1.18 bits per heavy atom. The Kier molecular flexibility index (Phi) is 5.54. The molecule has 0 saturated heterocycles. The van der Waals surface area contributed by atoms with Gasteiger partial charge in [0.15, 0.2) is 0 Å². The van der Waals surface area contributed by atoms with Gasteiger partial charge < -0.3 is 16.0 Å². The van der Waals surface area contributed by atoms with Crippen LogP contribution in [0, 0.1) is 5.41 Å². The van der Waals surface area contributed by atoms with Crippen molar-refractivity contribution in [1.29, 1.82) is 0 Å². The SMILES string of the molecule is CC(C)n1nc(-c2ccc(CC(=O)Cc3cc(C4CC5(CCC5)C4)no3)cc2)c(C(N)=O)c1N. The molecule has 4 N–H and O–H groups in total. The smallest absolute Gasteiger partial charge is 0.254 e. The highest BCUT2D eigenvalue weighted by Gasteiger charge is 2.49. The molecule has 8 heteroatoms. The zero-order valence-electron chi connectivity index (χ0n) is 19.7. The highest BCUT2D eigenvalue weighted by Crippen LogP contribution is 2.61. The Bertz CT molecular complexity index is 1230. The van der Waals surface area contributed by atoms with Crippen LogP contribution >= 0.6 is 0 Å². The number of nitrogen functional groups attached to an aromatic ring is 1. The highest BCUT2D eigenvalue weighted by molar-refractivity contribution is 6.03. The third-order valence-electron chi connectivity index (χ3n) is 7.45.